The Bertz CT molecular complexity index is 464. The van der Waals surface area contributed by atoms with E-state index in [1.807, 2.05) is 12.3 Å². The SMILES string of the molecule is O=C(CSCc1cccnc1)N1CCC2(CCNC2)CC1. The summed E-state index contributed by atoms with van der Waals surface area (Å²) in [5.74, 6) is 1.74. The molecule has 3 heterocycles. The van der Waals surface area contributed by atoms with Gasteiger partial charge in [0.1, 0.15) is 0 Å². The largest absolute Gasteiger partial charge is 0.342 e. The van der Waals surface area contributed by atoms with Crippen molar-refractivity contribution in [1.82, 2.24) is 15.2 Å². The van der Waals surface area contributed by atoms with Gasteiger partial charge in [0.05, 0.1) is 5.75 Å². The molecule has 1 aromatic rings. The topological polar surface area (TPSA) is 45.2 Å². The van der Waals surface area contributed by atoms with Crippen LogP contribution in [0.5, 0.6) is 0 Å². The van der Waals surface area contributed by atoms with Crippen LogP contribution >= 0.6 is 11.8 Å². The van der Waals surface area contributed by atoms with Gasteiger partial charge in [-0.3, -0.25) is 9.78 Å². The Hall–Kier alpha value is -1.07. The monoisotopic (exact) mass is 305 g/mol. The zero-order valence-corrected chi connectivity index (χ0v) is 13.2. The lowest BCUT2D eigenvalue weighted by Crippen LogP contribution is -2.44. The summed E-state index contributed by atoms with van der Waals surface area (Å²) in [6.07, 6.45) is 7.26. The quantitative estimate of drug-likeness (QED) is 0.923. The number of nitrogens with one attached hydrogen (secondary N) is 1. The zero-order chi connectivity index (χ0) is 14.5. The van der Waals surface area contributed by atoms with Gasteiger partial charge in [-0.15, -0.1) is 11.8 Å². The number of carbonyl (C=O) groups is 1. The Morgan fingerprint density at radius 3 is 2.90 bits per heavy atom. The first-order valence-corrected chi connectivity index (χ1v) is 8.88. The van der Waals surface area contributed by atoms with E-state index >= 15 is 0 Å². The van der Waals surface area contributed by atoms with Crippen LogP contribution < -0.4 is 5.32 Å². The summed E-state index contributed by atoms with van der Waals surface area (Å²) in [6.45, 7) is 4.17. The molecule has 0 unspecified atom stereocenters. The molecule has 2 aliphatic heterocycles. The molecule has 0 aliphatic carbocycles. The van der Waals surface area contributed by atoms with Gasteiger partial charge in [0.15, 0.2) is 0 Å². The fraction of sp³-hybridized carbons (Fsp3) is 0.625. The van der Waals surface area contributed by atoms with Gasteiger partial charge in [-0.2, -0.15) is 0 Å². The molecule has 2 aliphatic rings. The van der Waals surface area contributed by atoms with E-state index in [2.05, 4.69) is 21.3 Å². The summed E-state index contributed by atoms with van der Waals surface area (Å²) in [5.41, 5.74) is 1.67. The van der Waals surface area contributed by atoms with Crippen LogP contribution in [0.3, 0.4) is 0 Å². The van der Waals surface area contributed by atoms with Crippen LogP contribution in [0.4, 0.5) is 0 Å². The third-order valence-corrected chi connectivity index (χ3v) is 5.71. The van der Waals surface area contributed by atoms with Crippen molar-refractivity contribution < 1.29 is 4.79 Å². The standard InChI is InChI=1S/C16H23N3OS/c20-15(12-21-11-14-2-1-6-17-10-14)19-8-4-16(5-9-19)3-7-18-13-16/h1-2,6,10,18H,3-5,7-9,11-13H2. The molecule has 1 N–H and O–H groups in total. The van der Waals surface area contributed by atoms with E-state index in [-0.39, 0.29) is 0 Å². The van der Waals surface area contributed by atoms with Crippen LogP contribution in [0, 0.1) is 5.41 Å². The minimum atomic E-state index is 0.296. The average Bonchev–Trinajstić information content (AvgIpc) is 2.97. The van der Waals surface area contributed by atoms with Gasteiger partial charge in [0.2, 0.25) is 5.91 Å². The van der Waals surface area contributed by atoms with Crippen molar-refractivity contribution in [2.75, 3.05) is 31.9 Å². The van der Waals surface area contributed by atoms with Crippen molar-refractivity contribution >= 4 is 17.7 Å². The van der Waals surface area contributed by atoms with Gasteiger partial charge in [0, 0.05) is 37.8 Å². The second-order valence-corrected chi connectivity index (χ2v) is 7.15. The molecule has 2 fully saturated rings. The molecule has 4 nitrogen and oxygen atoms in total. The van der Waals surface area contributed by atoms with E-state index in [1.54, 1.807) is 18.0 Å². The normalized spacial score (nSPS) is 20.9. The number of thioether (sulfide) groups is 1. The molecule has 0 bridgehead atoms. The van der Waals surface area contributed by atoms with Crippen molar-refractivity contribution in [2.45, 2.75) is 25.0 Å². The number of hydrogen-bond acceptors (Lipinski definition) is 4. The molecule has 0 atom stereocenters. The predicted molar refractivity (Wildman–Crippen MR) is 86.1 cm³/mol. The van der Waals surface area contributed by atoms with Gasteiger partial charge in [-0.25, -0.2) is 0 Å². The molecule has 3 rings (SSSR count). The van der Waals surface area contributed by atoms with Crippen LogP contribution in [0.1, 0.15) is 24.8 Å². The van der Waals surface area contributed by atoms with Gasteiger partial charge < -0.3 is 10.2 Å². The number of aromatic nitrogens is 1. The average molecular weight is 305 g/mol. The number of rotatable bonds is 4. The van der Waals surface area contributed by atoms with Gasteiger partial charge in [-0.1, -0.05) is 6.07 Å². The van der Waals surface area contributed by atoms with E-state index in [0.29, 0.717) is 17.1 Å². The van der Waals surface area contributed by atoms with Crippen LogP contribution in [0.15, 0.2) is 24.5 Å². The molecule has 0 aromatic carbocycles. The van der Waals surface area contributed by atoms with Gasteiger partial charge in [-0.05, 0) is 42.9 Å². The Labute approximate surface area is 130 Å². The fourth-order valence-electron chi connectivity index (χ4n) is 3.28. The van der Waals surface area contributed by atoms with E-state index in [9.17, 15) is 4.79 Å². The maximum atomic E-state index is 12.3. The van der Waals surface area contributed by atoms with E-state index < -0.39 is 0 Å². The van der Waals surface area contributed by atoms with Crippen molar-refractivity contribution in [2.24, 2.45) is 5.41 Å². The Morgan fingerprint density at radius 2 is 2.24 bits per heavy atom. The smallest absolute Gasteiger partial charge is 0.232 e. The number of likely N-dealkylation sites (tertiary alicyclic amines) is 1. The highest BCUT2D eigenvalue weighted by atomic mass is 32.2. The molecule has 0 saturated carbocycles. The molecule has 1 amide bonds. The molecule has 1 aromatic heterocycles. The summed E-state index contributed by atoms with van der Waals surface area (Å²) < 4.78 is 0. The third kappa shape index (κ3) is 3.77. The van der Waals surface area contributed by atoms with Gasteiger partial charge in [0.25, 0.3) is 0 Å². The van der Waals surface area contributed by atoms with E-state index in [1.165, 1.54) is 24.8 Å². The van der Waals surface area contributed by atoms with Gasteiger partial charge >= 0.3 is 0 Å². The predicted octanol–water partition coefficient (Wildman–Crippen LogP) is 1.92. The van der Waals surface area contributed by atoms with Crippen molar-refractivity contribution in [3.05, 3.63) is 30.1 Å². The first kappa shape index (κ1) is 14.9. The summed E-state index contributed by atoms with van der Waals surface area (Å²) in [4.78, 5) is 18.4. The summed E-state index contributed by atoms with van der Waals surface area (Å²) in [6, 6.07) is 4.00. The minimum absolute atomic E-state index is 0.296. The zero-order valence-electron chi connectivity index (χ0n) is 12.4. The maximum absolute atomic E-state index is 12.3. The number of nitrogens with zero attached hydrogens (tertiary/aromatic N) is 2. The summed E-state index contributed by atoms with van der Waals surface area (Å²) in [7, 11) is 0. The fourth-order valence-corrected chi connectivity index (χ4v) is 4.15. The number of carbonyl (C=O) groups excluding carboxylic acids is 1. The van der Waals surface area contributed by atoms with Crippen molar-refractivity contribution in [3.63, 3.8) is 0 Å². The highest BCUT2D eigenvalue weighted by Gasteiger charge is 2.37. The van der Waals surface area contributed by atoms with E-state index in [0.717, 1.165) is 31.9 Å². The molecule has 2 saturated heterocycles. The summed E-state index contributed by atoms with van der Waals surface area (Å²) >= 11 is 1.69. The lowest BCUT2D eigenvalue weighted by molar-refractivity contribution is -0.130. The first-order valence-electron chi connectivity index (χ1n) is 7.73. The molecule has 5 heteroatoms. The number of pyridine rings is 1. The lowest BCUT2D eigenvalue weighted by atomic mass is 9.78. The van der Waals surface area contributed by atoms with Crippen LogP contribution in [0.2, 0.25) is 0 Å². The molecular formula is C16H23N3OS. The van der Waals surface area contributed by atoms with Crippen molar-refractivity contribution in [3.8, 4) is 0 Å². The van der Waals surface area contributed by atoms with Crippen molar-refractivity contribution in [1.29, 1.82) is 0 Å². The minimum Gasteiger partial charge on any atom is -0.342 e. The first-order chi connectivity index (χ1) is 10.3. The second-order valence-electron chi connectivity index (χ2n) is 6.16. The molecule has 1 spiro atoms. The second kappa shape index (κ2) is 6.79. The molecule has 21 heavy (non-hydrogen) atoms. The van der Waals surface area contributed by atoms with E-state index in [4.69, 9.17) is 0 Å². The van der Waals surface area contributed by atoms with Crippen LogP contribution in [-0.2, 0) is 10.5 Å². The Balaban J connectivity index is 1.40. The number of piperidine rings is 1. The van der Waals surface area contributed by atoms with Crippen LogP contribution in [0.25, 0.3) is 0 Å². The number of hydrogen-bond donors (Lipinski definition) is 1. The lowest BCUT2D eigenvalue weighted by Gasteiger charge is -2.38. The Kier molecular flexibility index (Phi) is 4.80. The number of amides is 1. The maximum Gasteiger partial charge on any atom is 0.232 e. The molecule has 0 radical (unpaired) electrons. The highest BCUT2D eigenvalue weighted by Crippen LogP contribution is 2.36. The third-order valence-electron chi connectivity index (χ3n) is 4.73. The summed E-state index contributed by atoms with van der Waals surface area (Å²) in [5, 5.41) is 3.47. The highest BCUT2D eigenvalue weighted by molar-refractivity contribution is 7.99. The van der Waals surface area contributed by atoms with Crippen LogP contribution in [-0.4, -0.2) is 47.7 Å². The Morgan fingerprint density at radius 1 is 1.38 bits per heavy atom. The molecular weight excluding hydrogens is 282 g/mol. The molecule has 114 valence electrons.